The molecule has 0 aliphatic heterocycles. The first kappa shape index (κ1) is 15.3. The van der Waals surface area contributed by atoms with E-state index in [0.717, 1.165) is 10.7 Å². The van der Waals surface area contributed by atoms with Crippen LogP contribution in [0.3, 0.4) is 0 Å². The van der Waals surface area contributed by atoms with Crippen molar-refractivity contribution < 1.29 is 0 Å². The quantitative estimate of drug-likeness (QED) is 0.722. The van der Waals surface area contributed by atoms with Gasteiger partial charge in [-0.25, -0.2) is 0 Å². The Morgan fingerprint density at radius 3 is 2.45 bits per heavy atom. The third-order valence-corrected chi connectivity index (χ3v) is 6.32. The molecule has 0 saturated heterocycles. The molecule has 0 fully saturated rings. The van der Waals surface area contributed by atoms with E-state index >= 15 is 0 Å². The highest BCUT2D eigenvalue weighted by Gasteiger charge is 2.25. The summed E-state index contributed by atoms with van der Waals surface area (Å²) in [5.74, 6) is 0. The van der Waals surface area contributed by atoms with Gasteiger partial charge in [-0.05, 0) is 24.3 Å². The molecule has 3 aromatic rings. The topological polar surface area (TPSA) is 60.9 Å². The number of anilines is 1. The second-order valence-electron chi connectivity index (χ2n) is 6.18. The first-order valence-corrected chi connectivity index (χ1v) is 11.6. The standard InChI is InChI=1S/C15H16ClN3OSSi/c1-22(2,3)14-11-8-21-13(17)12(11)15(20)19(18-14)10-6-4-9(16)5-7-10/h4-8H,17H2,1-3H3. The number of nitrogens with two attached hydrogens (primary N) is 1. The predicted molar refractivity (Wildman–Crippen MR) is 97.6 cm³/mol. The van der Waals surface area contributed by atoms with Crippen molar-refractivity contribution >= 4 is 52.1 Å². The fraction of sp³-hybridized carbons (Fsp3) is 0.200. The Labute approximate surface area is 138 Å². The molecule has 0 radical (unpaired) electrons. The second-order valence-corrected chi connectivity index (χ2v) is 12.5. The van der Waals surface area contributed by atoms with Crippen LogP contribution in [0.5, 0.6) is 0 Å². The molecule has 0 atom stereocenters. The van der Waals surface area contributed by atoms with Gasteiger partial charge in [0.1, 0.15) is 8.07 Å². The summed E-state index contributed by atoms with van der Waals surface area (Å²) in [6.45, 7) is 6.62. The lowest BCUT2D eigenvalue weighted by atomic mass is 10.3. The van der Waals surface area contributed by atoms with Crippen LogP contribution in [0.15, 0.2) is 34.4 Å². The van der Waals surface area contributed by atoms with Crippen molar-refractivity contribution in [2.75, 3.05) is 5.73 Å². The summed E-state index contributed by atoms with van der Waals surface area (Å²) in [6.07, 6.45) is 0. The summed E-state index contributed by atoms with van der Waals surface area (Å²) in [5.41, 5.74) is 6.55. The van der Waals surface area contributed by atoms with Crippen LogP contribution < -0.4 is 16.6 Å². The Morgan fingerprint density at radius 1 is 1.23 bits per heavy atom. The van der Waals surface area contributed by atoms with Gasteiger partial charge in [0, 0.05) is 15.8 Å². The SMILES string of the molecule is C[Si](C)(C)c1nn(-c2ccc(Cl)cc2)c(=O)c2c(N)scc12. The van der Waals surface area contributed by atoms with Gasteiger partial charge in [0.15, 0.2) is 0 Å². The van der Waals surface area contributed by atoms with Gasteiger partial charge < -0.3 is 5.73 Å². The molecule has 114 valence electrons. The molecule has 0 saturated carbocycles. The third-order valence-electron chi connectivity index (χ3n) is 3.46. The van der Waals surface area contributed by atoms with Crippen LogP contribution >= 0.6 is 22.9 Å². The van der Waals surface area contributed by atoms with E-state index in [1.807, 2.05) is 5.38 Å². The number of rotatable bonds is 2. The fourth-order valence-electron chi connectivity index (χ4n) is 2.38. The predicted octanol–water partition coefficient (Wildman–Crippen LogP) is 3.23. The summed E-state index contributed by atoms with van der Waals surface area (Å²) in [5, 5.41) is 10.2. The normalized spacial score (nSPS) is 12.0. The minimum Gasteiger partial charge on any atom is -0.390 e. The number of aromatic nitrogens is 2. The molecule has 7 heteroatoms. The first-order chi connectivity index (χ1) is 10.3. The zero-order chi connectivity index (χ0) is 16.1. The molecule has 0 spiro atoms. The summed E-state index contributed by atoms with van der Waals surface area (Å²) in [4.78, 5) is 12.8. The highest BCUT2D eigenvalue weighted by atomic mass is 35.5. The van der Waals surface area contributed by atoms with Crippen LogP contribution in [0.1, 0.15) is 0 Å². The Hall–Kier alpha value is -1.63. The summed E-state index contributed by atoms with van der Waals surface area (Å²) in [7, 11) is -1.73. The number of thiophene rings is 1. The van der Waals surface area contributed by atoms with Crippen LogP contribution in [0, 0.1) is 0 Å². The second kappa shape index (κ2) is 5.22. The minimum absolute atomic E-state index is 0.182. The monoisotopic (exact) mass is 349 g/mol. The summed E-state index contributed by atoms with van der Waals surface area (Å²) < 4.78 is 1.44. The fourth-order valence-corrected chi connectivity index (χ4v) is 4.81. The average Bonchev–Trinajstić information content (AvgIpc) is 2.82. The lowest BCUT2D eigenvalue weighted by molar-refractivity contribution is 0.834. The van der Waals surface area contributed by atoms with E-state index < -0.39 is 8.07 Å². The van der Waals surface area contributed by atoms with Gasteiger partial charge in [-0.1, -0.05) is 31.2 Å². The molecule has 0 aliphatic carbocycles. The van der Waals surface area contributed by atoms with Gasteiger partial charge in [0.25, 0.3) is 5.56 Å². The first-order valence-electron chi connectivity index (χ1n) is 6.85. The zero-order valence-electron chi connectivity index (χ0n) is 12.6. The lowest BCUT2D eigenvalue weighted by Crippen LogP contribution is -2.44. The van der Waals surface area contributed by atoms with Crippen molar-refractivity contribution in [2.24, 2.45) is 0 Å². The van der Waals surface area contributed by atoms with E-state index in [4.69, 9.17) is 17.3 Å². The van der Waals surface area contributed by atoms with E-state index in [2.05, 4.69) is 24.7 Å². The van der Waals surface area contributed by atoms with Gasteiger partial charge in [-0.3, -0.25) is 4.79 Å². The van der Waals surface area contributed by atoms with Gasteiger partial charge in [-0.2, -0.15) is 9.78 Å². The number of halogens is 1. The van der Waals surface area contributed by atoms with Gasteiger partial charge >= 0.3 is 0 Å². The van der Waals surface area contributed by atoms with Crippen LogP contribution in [0.25, 0.3) is 16.5 Å². The number of hydrogen-bond donors (Lipinski definition) is 1. The number of fused-ring (bicyclic) bond motifs is 1. The van der Waals surface area contributed by atoms with Crippen molar-refractivity contribution in [3.05, 3.63) is 45.0 Å². The largest absolute Gasteiger partial charge is 0.390 e. The maximum absolute atomic E-state index is 12.8. The van der Waals surface area contributed by atoms with E-state index in [-0.39, 0.29) is 5.56 Å². The van der Waals surface area contributed by atoms with Crippen molar-refractivity contribution in [2.45, 2.75) is 19.6 Å². The van der Waals surface area contributed by atoms with Crippen molar-refractivity contribution in [1.82, 2.24) is 9.78 Å². The van der Waals surface area contributed by atoms with Gasteiger partial charge in [-0.15, -0.1) is 11.3 Å². The molecular formula is C15H16ClN3OSSi. The highest BCUT2D eigenvalue weighted by molar-refractivity contribution is 7.16. The molecule has 22 heavy (non-hydrogen) atoms. The molecule has 1 aromatic carbocycles. The van der Waals surface area contributed by atoms with Gasteiger partial charge in [0.05, 0.1) is 21.4 Å². The zero-order valence-corrected chi connectivity index (χ0v) is 15.1. The molecule has 0 amide bonds. The maximum Gasteiger partial charge on any atom is 0.282 e. The minimum atomic E-state index is -1.73. The molecule has 2 aromatic heterocycles. The van der Waals surface area contributed by atoms with Crippen molar-refractivity contribution in [1.29, 1.82) is 0 Å². The molecule has 0 bridgehead atoms. The Morgan fingerprint density at radius 2 is 1.86 bits per heavy atom. The molecule has 3 rings (SSSR count). The lowest BCUT2D eigenvalue weighted by Gasteiger charge is -2.18. The van der Waals surface area contributed by atoms with Crippen LogP contribution in [0.4, 0.5) is 5.00 Å². The van der Waals surface area contributed by atoms with Crippen LogP contribution in [-0.2, 0) is 0 Å². The average molecular weight is 350 g/mol. The number of nitrogens with zero attached hydrogens (tertiary/aromatic N) is 2. The Balaban J connectivity index is 2.41. The molecule has 4 nitrogen and oxygen atoms in total. The van der Waals surface area contributed by atoms with E-state index in [1.54, 1.807) is 24.3 Å². The van der Waals surface area contributed by atoms with Crippen molar-refractivity contribution in [3.63, 3.8) is 0 Å². The highest BCUT2D eigenvalue weighted by Crippen LogP contribution is 2.25. The van der Waals surface area contributed by atoms with Crippen molar-refractivity contribution in [3.8, 4) is 5.69 Å². The molecular weight excluding hydrogens is 334 g/mol. The molecule has 0 aliphatic rings. The van der Waals surface area contributed by atoms with E-state index in [0.29, 0.717) is 21.1 Å². The van der Waals surface area contributed by atoms with E-state index in [1.165, 1.54) is 16.0 Å². The summed E-state index contributed by atoms with van der Waals surface area (Å²) in [6, 6.07) is 7.08. The van der Waals surface area contributed by atoms with Crippen LogP contribution in [0.2, 0.25) is 24.7 Å². The van der Waals surface area contributed by atoms with Crippen LogP contribution in [-0.4, -0.2) is 17.9 Å². The number of benzene rings is 1. The molecule has 0 unspecified atom stereocenters. The number of nitrogen functional groups attached to an aromatic ring is 1. The van der Waals surface area contributed by atoms with Gasteiger partial charge in [0.2, 0.25) is 0 Å². The Kier molecular flexibility index (Phi) is 3.63. The van der Waals surface area contributed by atoms with E-state index in [9.17, 15) is 4.79 Å². The Bertz CT molecular complexity index is 909. The smallest absolute Gasteiger partial charge is 0.282 e. The summed E-state index contributed by atoms with van der Waals surface area (Å²) >= 11 is 7.32. The molecule has 2 heterocycles. The maximum atomic E-state index is 12.8. The third kappa shape index (κ3) is 2.47. The molecule has 2 N–H and O–H groups in total. The number of hydrogen-bond acceptors (Lipinski definition) is 4.